The van der Waals surface area contributed by atoms with Gasteiger partial charge in [0, 0.05) is 36.3 Å². The monoisotopic (exact) mass is 248 g/mol. The van der Waals surface area contributed by atoms with Crippen molar-refractivity contribution in [1.29, 1.82) is 0 Å². The van der Waals surface area contributed by atoms with Crippen LogP contribution in [0.25, 0.3) is 0 Å². The molecule has 0 bridgehead atoms. The van der Waals surface area contributed by atoms with Gasteiger partial charge in [0.05, 0.1) is 12.8 Å². The lowest BCUT2D eigenvalue weighted by atomic mass is 9.92. The predicted molar refractivity (Wildman–Crippen MR) is 63.7 cm³/mol. The molecule has 0 amide bonds. The van der Waals surface area contributed by atoms with Crippen molar-refractivity contribution >= 4 is 0 Å². The minimum Gasteiger partial charge on any atom is -0.390 e. The summed E-state index contributed by atoms with van der Waals surface area (Å²) in [6.45, 7) is 0.753. The number of hydrogen-bond acceptors (Lipinski definition) is 5. The van der Waals surface area contributed by atoms with Gasteiger partial charge in [0.2, 0.25) is 0 Å². The van der Waals surface area contributed by atoms with Crippen LogP contribution in [0.4, 0.5) is 0 Å². The number of fused-ring (bicyclic) bond motifs is 1. The normalized spacial score (nSPS) is 18.8. The van der Waals surface area contributed by atoms with Crippen LogP contribution in [0.15, 0.2) is 16.9 Å². The number of aliphatic hydroxyl groups excluding tert-OH is 1. The predicted octanol–water partition coefficient (Wildman–Crippen LogP) is 0.537. The minimum absolute atomic E-state index is 0.0483. The molecule has 0 saturated carbocycles. The molecule has 0 aliphatic heterocycles. The first-order chi connectivity index (χ1) is 8.86. The van der Waals surface area contributed by atoms with E-state index in [0.29, 0.717) is 11.7 Å². The second-order valence-electron chi connectivity index (χ2n) is 4.62. The van der Waals surface area contributed by atoms with E-state index in [1.54, 1.807) is 0 Å². The molecule has 0 spiro atoms. The van der Waals surface area contributed by atoms with Crippen molar-refractivity contribution < 1.29 is 9.63 Å². The fraction of sp³-hybridized carbons (Fsp3) is 0.500. The highest BCUT2D eigenvalue weighted by atomic mass is 16.5. The van der Waals surface area contributed by atoms with E-state index in [1.165, 1.54) is 0 Å². The Labute approximate surface area is 104 Å². The number of rotatable bonds is 4. The summed E-state index contributed by atoms with van der Waals surface area (Å²) >= 11 is 0. The lowest BCUT2D eigenvalue weighted by molar-refractivity contribution is 0.265. The zero-order chi connectivity index (χ0) is 12.4. The molecule has 3 N–H and O–H groups in total. The molecule has 96 valence electrons. The van der Waals surface area contributed by atoms with Crippen LogP contribution in [0.5, 0.6) is 0 Å². The van der Waals surface area contributed by atoms with Crippen molar-refractivity contribution in [3.05, 3.63) is 35.0 Å². The summed E-state index contributed by atoms with van der Waals surface area (Å²) in [6.07, 6.45) is 6.49. The molecular formula is C12H16N4O2. The number of hydrogen-bond donors (Lipinski definition) is 3. The summed E-state index contributed by atoms with van der Waals surface area (Å²) in [6, 6.07) is 0.400. The van der Waals surface area contributed by atoms with Crippen molar-refractivity contribution in [3.8, 4) is 0 Å². The lowest BCUT2D eigenvalue weighted by Crippen LogP contribution is -2.34. The molecule has 6 nitrogen and oxygen atoms in total. The maximum absolute atomic E-state index is 9.19. The third-order valence-electron chi connectivity index (χ3n) is 3.42. The molecule has 18 heavy (non-hydrogen) atoms. The fourth-order valence-corrected chi connectivity index (χ4v) is 2.40. The first-order valence-corrected chi connectivity index (χ1v) is 6.15. The van der Waals surface area contributed by atoms with Gasteiger partial charge < -0.3 is 14.9 Å². The highest BCUT2D eigenvalue weighted by molar-refractivity contribution is 5.26. The molecule has 3 rings (SSSR count). The van der Waals surface area contributed by atoms with E-state index in [2.05, 4.69) is 20.7 Å². The van der Waals surface area contributed by atoms with E-state index in [-0.39, 0.29) is 6.61 Å². The minimum atomic E-state index is -0.0483. The summed E-state index contributed by atoms with van der Waals surface area (Å²) in [7, 11) is 0. The van der Waals surface area contributed by atoms with Crippen molar-refractivity contribution in [2.24, 2.45) is 0 Å². The quantitative estimate of drug-likeness (QED) is 0.735. The molecule has 0 radical (unpaired) electrons. The topological polar surface area (TPSA) is 87.0 Å². The van der Waals surface area contributed by atoms with E-state index in [1.807, 2.05) is 12.4 Å². The summed E-state index contributed by atoms with van der Waals surface area (Å²) < 4.78 is 5.22. The van der Waals surface area contributed by atoms with Crippen LogP contribution < -0.4 is 5.32 Å². The number of aromatic nitrogens is 3. The molecule has 0 saturated heterocycles. The highest BCUT2D eigenvalue weighted by Crippen LogP contribution is 2.24. The van der Waals surface area contributed by atoms with Crippen LogP contribution in [-0.2, 0) is 26.0 Å². The Balaban J connectivity index is 1.63. The van der Waals surface area contributed by atoms with Gasteiger partial charge in [-0.05, 0) is 12.8 Å². The van der Waals surface area contributed by atoms with Gasteiger partial charge in [0.15, 0.2) is 0 Å². The van der Waals surface area contributed by atoms with Gasteiger partial charge in [-0.15, -0.1) is 0 Å². The highest BCUT2D eigenvalue weighted by Gasteiger charge is 2.24. The fourth-order valence-electron chi connectivity index (χ4n) is 2.40. The van der Waals surface area contributed by atoms with Gasteiger partial charge in [0.25, 0.3) is 0 Å². The SMILES string of the molecule is OCc1noc2c1CC(NCc1cn[nH]c1)CC2. The summed E-state index contributed by atoms with van der Waals surface area (Å²) in [5.74, 6) is 0.931. The van der Waals surface area contributed by atoms with Gasteiger partial charge in [-0.2, -0.15) is 5.10 Å². The Kier molecular flexibility index (Phi) is 3.12. The molecular weight excluding hydrogens is 232 g/mol. The summed E-state index contributed by atoms with van der Waals surface area (Å²) in [5, 5.41) is 23.3. The van der Waals surface area contributed by atoms with Crippen molar-refractivity contribution in [2.75, 3.05) is 0 Å². The largest absolute Gasteiger partial charge is 0.390 e. The molecule has 0 aromatic carbocycles. The van der Waals surface area contributed by atoms with E-state index in [4.69, 9.17) is 4.52 Å². The number of nitrogens with one attached hydrogen (secondary N) is 2. The molecule has 2 aromatic heterocycles. The van der Waals surface area contributed by atoms with Crippen LogP contribution in [-0.4, -0.2) is 26.5 Å². The van der Waals surface area contributed by atoms with Crippen LogP contribution in [0.2, 0.25) is 0 Å². The maximum atomic E-state index is 9.19. The molecule has 1 unspecified atom stereocenters. The van der Waals surface area contributed by atoms with E-state index < -0.39 is 0 Å². The zero-order valence-electron chi connectivity index (χ0n) is 10.0. The molecule has 2 heterocycles. The smallest absolute Gasteiger partial charge is 0.140 e. The molecule has 1 aliphatic carbocycles. The number of nitrogens with zero attached hydrogens (tertiary/aromatic N) is 2. The number of aliphatic hydroxyl groups is 1. The third kappa shape index (κ3) is 2.16. The Bertz CT molecular complexity index is 493. The zero-order valence-corrected chi connectivity index (χ0v) is 10.0. The Morgan fingerprint density at radius 2 is 2.50 bits per heavy atom. The van der Waals surface area contributed by atoms with Gasteiger partial charge >= 0.3 is 0 Å². The van der Waals surface area contributed by atoms with Crippen LogP contribution >= 0.6 is 0 Å². The summed E-state index contributed by atoms with van der Waals surface area (Å²) in [5.41, 5.74) is 2.90. The van der Waals surface area contributed by atoms with Crippen LogP contribution in [0.3, 0.4) is 0 Å². The number of H-pyrrole nitrogens is 1. The van der Waals surface area contributed by atoms with Crippen LogP contribution in [0.1, 0.15) is 29.0 Å². The lowest BCUT2D eigenvalue weighted by Gasteiger charge is -2.22. The standard InChI is InChI=1S/C12H16N4O2/c17-7-11-10-3-9(1-2-12(10)18-16-11)13-4-8-5-14-15-6-8/h5-6,9,13,17H,1-4,7H2,(H,14,15). The third-order valence-corrected chi connectivity index (χ3v) is 3.42. The average molecular weight is 248 g/mol. The molecule has 1 atom stereocenters. The van der Waals surface area contributed by atoms with Gasteiger partial charge in [-0.25, -0.2) is 0 Å². The van der Waals surface area contributed by atoms with Gasteiger partial charge in [-0.3, -0.25) is 5.10 Å². The van der Waals surface area contributed by atoms with Gasteiger partial charge in [0.1, 0.15) is 11.5 Å². The maximum Gasteiger partial charge on any atom is 0.140 e. The second-order valence-corrected chi connectivity index (χ2v) is 4.62. The molecule has 0 fully saturated rings. The Morgan fingerprint density at radius 3 is 3.28 bits per heavy atom. The molecule has 6 heteroatoms. The average Bonchev–Trinajstić information content (AvgIpc) is 3.05. The first kappa shape index (κ1) is 11.4. The number of aryl methyl sites for hydroxylation is 1. The van der Waals surface area contributed by atoms with E-state index in [0.717, 1.165) is 42.7 Å². The first-order valence-electron chi connectivity index (χ1n) is 6.15. The van der Waals surface area contributed by atoms with Crippen molar-refractivity contribution in [3.63, 3.8) is 0 Å². The Hall–Kier alpha value is -1.66. The van der Waals surface area contributed by atoms with E-state index in [9.17, 15) is 5.11 Å². The second kappa shape index (κ2) is 4.91. The Morgan fingerprint density at radius 1 is 1.56 bits per heavy atom. The summed E-state index contributed by atoms with van der Waals surface area (Å²) in [4.78, 5) is 0. The number of aromatic amines is 1. The van der Waals surface area contributed by atoms with Crippen molar-refractivity contribution in [1.82, 2.24) is 20.7 Å². The molecule has 1 aliphatic rings. The molecule has 2 aromatic rings. The van der Waals surface area contributed by atoms with Crippen molar-refractivity contribution in [2.45, 2.75) is 38.5 Å². The van der Waals surface area contributed by atoms with E-state index >= 15 is 0 Å². The van der Waals surface area contributed by atoms with Crippen LogP contribution in [0, 0.1) is 0 Å². The van der Waals surface area contributed by atoms with Gasteiger partial charge in [-0.1, -0.05) is 5.16 Å².